The number of likely N-dealkylation sites (tertiary alicyclic amines) is 1. The molecule has 1 heterocycles. The number of ether oxygens (including phenoxy) is 1. The molecular weight excluding hydrogens is 288 g/mol. The molecule has 0 spiro atoms. The molecule has 0 bridgehead atoms. The van der Waals surface area contributed by atoms with E-state index in [2.05, 4.69) is 13.0 Å². The van der Waals surface area contributed by atoms with Gasteiger partial charge in [0.05, 0.1) is 5.56 Å². The molecule has 2 N–H and O–H groups in total. The van der Waals surface area contributed by atoms with E-state index in [0.29, 0.717) is 31.0 Å². The number of hydrogen-bond donors (Lipinski definition) is 1. The Morgan fingerprint density at radius 1 is 1.22 bits per heavy atom. The predicted molar refractivity (Wildman–Crippen MR) is 90.4 cm³/mol. The predicted octanol–water partition coefficient (Wildman–Crippen LogP) is 2.75. The molecule has 1 amide bonds. The third-order valence-corrected chi connectivity index (χ3v) is 4.27. The van der Waals surface area contributed by atoms with E-state index in [9.17, 15) is 4.79 Å². The van der Waals surface area contributed by atoms with Gasteiger partial charge in [-0.1, -0.05) is 36.4 Å². The van der Waals surface area contributed by atoms with Crippen LogP contribution in [0.4, 0.5) is 0 Å². The molecule has 1 atom stereocenters. The van der Waals surface area contributed by atoms with Gasteiger partial charge in [0, 0.05) is 19.1 Å². The van der Waals surface area contributed by atoms with Gasteiger partial charge in [-0.25, -0.2) is 0 Å². The van der Waals surface area contributed by atoms with E-state index in [4.69, 9.17) is 10.5 Å². The van der Waals surface area contributed by atoms with Crippen LogP contribution < -0.4 is 10.5 Å². The zero-order valence-corrected chi connectivity index (χ0v) is 13.4. The number of carbonyl (C=O) groups excluding carboxylic acids is 1. The standard InChI is InChI=1S/C19H22N2O2/c1-14-6-2-3-7-15(14)13-23-18-9-5-4-8-17(18)19(22)21-11-10-16(20)12-21/h2-9,16H,10-13,20H2,1H3. The van der Waals surface area contributed by atoms with E-state index >= 15 is 0 Å². The summed E-state index contributed by atoms with van der Waals surface area (Å²) in [5, 5.41) is 0. The molecule has 1 saturated heterocycles. The molecule has 1 aliphatic heterocycles. The van der Waals surface area contributed by atoms with E-state index in [1.807, 2.05) is 42.5 Å². The Morgan fingerprint density at radius 2 is 1.96 bits per heavy atom. The lowest BCUT2D eigenvalue weighted by Gasteiger charge is -2.18. The van der Waals surface area contributed by atoms with Gasteiger partial charge in [-0.05, 0) is 36.6 Å². The fourth-order valence-electron chi connectivity index (χ4n) is 2.84. The van der Waals surface area contributed by atoms with Crippen molar-refractivity contribution in [2.45, 2.75) is 26.0 Å². The molecule has 120 valence electrons. The zero-order valence-electron chi connectivity index (χ0n) is 13.4. The summed E-state index contributed by atoms with van der Waals surface area (Å²) >= 11 is 0. The third-order valence-electron chi connectivity index (χ3n) is 4.27. The topological polar surface area (TPSA) is 55.6 Å². The van der Waals surface area contributed by atoms with Crippen LogP contribution in [0.15, 0.2) is 48.5 Å². The number of aryl methyl sites for hydroxylation is 1. The largest absolute Gasteiger partial charge is 0.488 e. The second-order valence-corrected chi connectivity index (χ2v) is 6.01. The first-order valence-corrected chi connectivity index (χ1v) is 7.96. The van der Waals surface area contributed by atoms with Gasteiger partial charge in [0.15, 0.2) is 0 Å². The molecule has 1 fully saturated rings. The maximum atomic E-state index is 12.7. The second-order valence-electron chi connectivity index (χ2n) is 6.01. The number of hydrogen-bond acceptors (Lipinski definition) is 3. The van der Waals surface area contributed by atoms with Gasteiger partial charge in [-0.2, -0.15) is 0 Å². The molecule has 23 heavy (non-hydrogen) atoms. The summed E-state index contributed by atoms with van der Waals surface area (Å²) in [7, 11) is 0. The summed E-state index contributed by atoms with van der Waals surface area (Å²) in [6.07, 6.45) is 0.859. The van der Waals surface area contributed by atoms with Crippen LogP contribution in [0.3, 0.4) is 0 Å². The van der Waals surface area contributed by atoms with Gasteiger partial charge < -0.3 is 15.4 Å². The molecule has 1 unspecified atom stereocenters. The van der Waals surface area contributed by atoms with Crippen molar-refractivity contribution in [1.82, 2.24) is 4.90 Å². The molecular formula is C19H22N2O2. The Kier molecular flexibility index (Phi) is 4.63. The number of amides is 1. The van der Waals surface area contributed by atoms with E-state index in [1.165, 1.54) is 5.56 Å². The Bertz CT molecular complexity index is 699. The third kappa shape index (κ3) is 3.54. The SMILES string of the molecule is Cc1ccccc1COc1ccccc1C(=O)N1CCC(N)C1. The lowest BCUT2D eigenvalue weighted by atomic mass is 10.1. The van der Waals surface area contributed by atoms with Crippen LogP contribution in [0, 0.1) is 6.92 Å². The van der Waals surface area contributed by atoms with Gasteiger partial charge in [0.2, 0.25) is 0 Å². The van der Waals surface area contributed by atoms with E-state index in [0.717, 1.165) is 12.0 Å². The second kappa shape index (κ2) is 6.84. The molecule has 1 aliphatic rings. The molecule has 3 rings (SSSR count). The minimum absolute atomic E-state index is 0.00154. The average Bonchev–Trinajstić information content (AvgIpc) is 3.00. The highest BCUT2D eigenvalue weighted by atomic mass is 16.5. The molecule has 2 aromatic rings. The Balaban J connectivity index is 1.75. The van der Waals surface area contributed by atoms with Gasteiger partial charge in [-0.3, -0.25) is 4.79 Å². The van der Waals surface area contributed by atoms with Crippen molar-refractivity contribution in [3.05, 3.63) is 65.2 Å². The first-order chi connectivity index (χ1) is 11.1. The van der Waals surface area contributed by atoms with Crippen LogP contribution >= 0.6 is 0 Å². The van der Waals surface area contributed by atoms with Crippen molar-refractivity contribution in [1.29, 1.82) is 0 Å². The minimum Gasteiger partial charge on any atom is -0.488 e. The maximum Gasteiger partial charge on any atom is 0.257 e. The summed E-state index contributed by atoms with van der Waals surface area (Å²) in [6, 6.07) is 15.6. The van der Waals surface area contributed by atoms with E-state index in [1.54, 1.807) is 4.90 Å². The molecule has 4 nitrogen and oxygen atoms in total. The van der Waals surface area contributed by atoms with Crippen molar-refractivity contribution < 1.29 is 9.53 Å². The highest BCUT2D eigenvalue weighted by Gasteiger charge is 2.26. The molecule has 0 aliphatic carbocycles. The average molecular weight is 310 g/mol. The zero-order chi connectivity index (χ0) is 16.2. The van der Waals surface area contributed by atoms with Crippen LogP contribution in [-0.4, -0.2) is 29.9 Å². The number of carbonyl (C=O) groups is 1. The lowest BCUT2D eigenvalue weighted by molar-refractivity contribution is 0.0786. The summed E-state index contributed by atoms with van der Waals surface area (Å²) in [4.78, 5) is 14.5. The quantitative estimate of drug-likeness (QED) is 0.944. The van der Waals surface area contributed by atoms with Crippen LogP contribution in [0.2, 0.25) is 0 Å². The Hall–Kier alpha value is -2.33. The number of rotatable bonds is 4. The highest BCUT2D eigenvalue weighted by Crippen LogP contribution is 2.23. The smallest absolute Gasteiger partial charge is 0.257 e. The van der Waals surface area contributed by atoms with Crippen molar-refractivity contribution >= 4 is 5.91 Å². The highest BCUT2D eigenvalue weighted by molar-refractivity contribution is 5.97. The summed E-state index contributed by atoms with van der Waals surface area (Å²) in [5.41, 5.74) is 8.82. The maximum absolute atomic E-state index is 12.7. The van der Waals surface area contributed by atoms with Crippen LogP contribution in [0.25, 0.3) is 0 Å². The van der Waals surface area contributed by atoms with Crippen LogP contribution in [0.5, 0.6) is 5.75 Å². The molecule has 0 saturated carbocycles. The first-order valence-electron chi connectivity index (χ1n) is 7.96. The molecule has 4 heteroatoms. The number of benzene rings is 2. The number of nitrogens with two attached hydrogens (primary N) is 1. The minimum atomic E-state index is -0.00154. The van der Waals surface area contributed by atoms with Gasteiger partial charge in [-0.15, -0.1) is 0 Å². The molecule has 0 radical (unpaired) electrons. The molecule has 2 aromatic carbocycles. The molecule has 0 aromatic heterocycles. The van der Waals surface area contributed by atoms with Crippen LogP contribution in [-0.2, 0) is 6.61 Å². The van der Waals surface area contributed by atoms with Crippen molar-refractivity contribution in [2.24, 2.45) is 5.73 Å². The summed E-state index contributed by atoms with van der Waals surface area (Å²) < 4.78 is 5.93. The monoisotopic (exact) mass is 310 g/mol. The van der Waals surface area contributed by atoms with Crippen LogP contribution in [0.1, 0.15) is 27.9 Å². The Morgan fingerprint density at radius 3 is 2.70 bits per heavy atom. The Labute approximate surface area is 136 Å². The number of para-hydroxylation sites is 1. The normalized spacial score (nSPS) is 17.3. The van der Waals surface area contributed by atoms with Crippen molar-refractivity contribution in [3.8, 4) is 5.75 Å². The van der Waals surface area contributed by atoms with Crippen molar-refractivity contribution in [3.63, 3.8) is 0 Å². The van der Waals surface area contributed by atoms with Crippen molar-refractivity contribution in [2.75, 3.05) is 13.1 Å². The van der Waals surface area contributed by atoms with Gasteiger partial charge in [0.25, 0.3) is 5.91 Å². The van der Waals surface area contributed by atoms with E-state index in [-0.39, 0.29) is 11.9 Å². The number of nitrogens with zero attached hydrogens (tertiary/aromatic N) is 1. The summed E-state index contributed by atoms with van der Waals surface area (Å²) in [5.74, 6) is 0.625. The van der Waals surface area contributed by atoms with Gasteiger partial charge in [0.1, 0.15) is 12.4 Å². The fourth-order valence-corrected chi connectivity index (χ4v) is 2.84. The van der Waals surface area contributed by atoms with Gasteiger partial charge >= 0.3 is 0 Å². The van der Waals surface area contributed by atoms with E-state index < -0.39 is 0 Å². The first kappa shape index (κ1) is 15.6. The summed E-state index contributed by atoms with van der Waals surface area (Å²) in [6.45, 7) is 3.84. The fraction of sp³-hybridized carbons (Fsp3) is 0.316. The lowest BCUT2D eigenvalue weighted by Crippen LogP contribution is -2.32.